The Kier molecular flexibility index (Phi) is 13.6. The van der Waals surface area contributed by atoms with E-state index in [0.29, 0.717) is 12.8 Å². The summed E-state index contributed by atoms with van der Waals surface area (Å²) in [5.41, 5.74) is 4.85. The fourth-order valence-corrected chi connectivity index (χ4v) is 1.19. The minimum Gasteiger partial charge on any atom is -0.481 e. The number of amides is 1. The zero-order valence-corrected chi connectivity index (χ0v) is 10.4. The first-order valence-corrected chi connectivity index (χ1v) is 6.22. The minimum atomic E-state index is -0.980. The summed E-state index contributed by atoms with van der Waals surface area (Å²) < 4.78 is 0. The average molecular weight is 266 g/mol. The van der Waals surface area contributed by atoms with E-state index in [2.05, 4.69) is 5.32 Å². The van der Waals surface area contributed by atoms with Crippen LogP contribution in [0, 0.1) is 0 Å². The molecule has 0 aromatic rings. The summed E-state index contributed by atoms with van der Waals surface area (Å²) in [6.07, 6.45) is 2.84. The molecule has 1 unspecified atom stereocenters. The molecule has 7 nitrogen and oxygen atoms in total. The molecule has 100 valence electrons. The number of nitrogens with two attached hydrogens (primary N) is 1. The molecule has 0 heterocycles. The summed E-state index contributed by atoms with van der Waals surface area (Å²) in [5.74, 6) is -1.08. The number of carboxylic acids is 2. The molecule has 0 fully saturated rings. The molecule has 0 spiro atoms. The Bertz CT molecular complexity index is 237. The van der Waals surface area contributed by atoms with Crippen LogP contribution in [0.5, 0.6) is 0 Å². The van der Waals surface area contributed by atoms with E-state index >= 15 is 0 Å². The molecular formula is C9H18N2O5S. The number of carbonyl (C=O) groups excluding carboxylic acids is 1. The van der Waals surface area contributed by atoms with Crippen molar-refractivity contribution < 1.29 is 24.6 Å². The molecule has 5 N–H and O–H groups in total. The fraction of sp³-hybridized carbons (Fsp3) is 0.667. The Hall–Kier alpha value is -1.28. The molecule has 17 heavy (non-hydrogen) atoms. The maximum Gasteiger partial charge on any atom is 0.326 e. The molecule has 0 aliphatic rings. The van der Waals surface area contributed by atoms with E-state index in [9.17, 15) is 14.4 Å². The Morgan fingerprint density at radius 1 is 1.47 bits per heavy atom. The molecule has 0 radical (unpaired) electrons. The van der Waals surface area contributed by atoms with Gasteiger partial charge in [0.15, 0.2) is 0 Å². The van der Waals surface area contributed by atoms with Crippen LogP contribution in [0.4, 0.5) is 0 Å². The Morgan fingerprint density at radius 2 is 2.06 bits per heavy atom. The van der Waals surface area contributed by atoms with Crippen molar-refractivity contribution >= 4 is 30.1 Å². The van der Waals surface area contributed by atoms with E-state index in [4.69, 9.17) is 15.9 Å². The second-order valence-electron chi connectivity index (χ2n) is 2.89. The SMILES string of the molecule is CSCCC(NC=O)C(=O)O.NCCC(=O)O. The Morgan fingerprint density at radius 3 is 2.29 bits per heavy atom. The van der Waals surface area contributed by atoms with Crippen molar-refractivity contribution in [3.63, 3.8) is 0 Å². The monoisotopic (exact) mass is 266 g/mol. The van der Waals surface area contributed by atoms with Gasteiger partial charge in [-0.15, -0.1) is 0 Å². The van der Waals surface area contributed by atoms with Crippen LogP contribution in [0.3, 0.4) is 0 Å². The third-order valence-corrected chi connectivity index (χ3v) is 2.18. The van der Waals surface area contributed by atoms with Crippen LogP contribution >= 0.6 is 11.8 Å². The zero-order chi connectivity index (χ0) is 13.7. The molecule has 0 saturated heterocycles. The number of carbonyl (C=O) groups is 3. The summed E-state index contributed by atoms with van der Waals surface area (Å²) >= 11 is 1.55. The third kappa shape index (κ3) is 14.7. The van der Waals surface area contributed by atoms with Crippen molar-refractivity contribution in [2.45, 2.75) is 18.9 Å². The van der Waals surface area contributed by atoms with Crippen molar-refractivity contribution in [3.8, 4) is 0 Å². The lowest BCUT2D eigenvalue weighted by Crippen LogP contribution is -2.36. The Balaban J connectivity index is 0. The number of hydrogen-bond donors (Lipinski definition) is 4. The molecule has 0 aliphatic heterocycles. The second kappa shape index (κ2) is 12.8. The molecular weight excluding hydrogens is 248 g/mol. The maximum atomic E-state index is 10.4. The number of carboxylic acid groups (broad SMARTS) is 2. The molecule has 0 saturated carbocycles. The molecule has 0 aromatic carbocycles. The highest BCUT2D eigenvalue weighted by Crippen LogP contribution is 1.99. The molecule has 0 aromatic heterocycles. The predicted molar refractivity (Wildman–Crippen MR) is 64.9 cm³/mol. The van der Waals surface area contributed by atoms with Crippen LogP contribution in [0.1, 0.15) is 12.8 Å². The van der Waals surface area contributed by atoms with Crippen LogP contribution in [0.15, 0.2) is 0 Å². The van der Waals surface area contributed by atoms with E-state index < -0.39 is 18.0 Å². The normalized spacial score (nSPS) is 10.7. The summed E-state index contributed by atoms with van der Waals surface area (Å²) in [6.45, 7) is 0.231. The summed E-state index contributed by atoms with van der Waals surface area (Å²) in [4.78, 5) is 29.8. The number of nitrogens with one attached hydrogen (secondary N) is 1. The minimum absolute atomic E-state index is 0.0694. The first kappa shape index (κ1) is 18.1. The van der Waals surface area contributed by atoms with Gasteiger partial charge in [0, 0.05) is 6.54 Å². The highest BCUT2D eigenvalue weighted by molar-refractivity contribution is 7.98. The van der Waals surface area contributed by atoms with Crippen molar-refractivity contribution in [3.05, 3.63) is 0 Å². The van der Waals surface area contributed by atoms with Gasteiger partial charge in [0.25, 0.3) is 0 Å². The lowest BCUT2D eigenvalue weighted by atomic mass is 10.2. The van der Waals surface area contributed by atoms with Gasteiger partial charge in [0.2, 0.25) is 6.41 Å². The van der Waals surface area contributed by atoms with Gasteiger partial charge in [0.05, 0.1) is 6.42 Å². The summed E-state index contributed by atoms with van der Waals surface area (Å²) in [7, 11) is 0. The van der Waals surface area contributed by atoms with Crippen molar-refractivity contribution in [2.75, 3.05) is 18.6 Å². The van der Waals surface area contributed by atoms with Gasteiger partial charge in [-0.05, 0) is 18.4 Å². The van der Waals surface area contributed by atoms with Crippen molar-refractivity contribution in [1.82, 2.24) is 5.32 Å². The lowest BCUT2D eigenvalue weighted by molar-refractivity contribution is -0.140. The van der Waals surface area contributed by atoms with Crippen LogP contribution in [-0.2, 0) is 14.4 Å². The number of thioether (sulfide) groups is 1. The first-order valence-electron chi connectivity index (χ1n) is 4.82. The molecule has 8 heteroatoms. The van der Waals surface area contributed by atoms with Crippen LogP contribution < -0.4 is 11.1 Å². The van der Waals surface area contributed by atoms with Gasteiger partial charge in [0.1, 0.15) is 6.04 Å². The third-order valence-electron chi connectivity index (χ3n) is 1.54. The van der Waals surface area contributed by atoms with Gasteiger partial charge < -0.3 is 21.3 Å². The number of hydrogen-bond acceptors (Lipinski definition) is 5. The van der Waals surface area contributed by atoms with E-state index in [0.717, 1.165) is 5.75 Å². The molecule has 0 aliphatic carbocycles. The maximum absolute atomic E-state index is 10.4. The first-order chi connectivity index (χ1) is 7.99. The molecule has 0 rings (SSSR count). The smallest absolute Gasteiger partial charge is 0.326 e. The number of aliphatic carboxylic acids is 2. The van der Waals surface area contributed by atoms with Gasteiger partial charge in [-0.2, -0.15) is 11.8 Å². The predicted octanol–water partition coefficient (Wildman–Crippen LogP) is -0.641. The second-order valence-corrected chi connectivity index (χ2v) is 3.87. The summed E-state index contributed by atoms with van der Waals surface area (Å²) in [6, 6.07) is -0.736. The standard InChI is InChI=1S/C6H11NO3S.C3H7NO2/c1-11-3-2-5(6(9)10)7-4-8;4-2-1-3(5)6/h4-5H,2-3H2,1H3,(H,7,8)(H,9,10);1-2,4H2,(H,5,6). The molecule has 0 bridgehead atoms. The van der Waals surface area contributed by atoms with Gasteiger partial charge in [-0.1, -0.05) is 0 Å². The van der Waals surface area contributed by atoms with Crippen LogP contribution in [0.25, 0.3) is 0 Å². The van der Waals surface area contributed by atoms with Gasteiger partial charge in [-0.25, -0.2) is 4.79 Å². The highest BCUT2D eigenvalue weighted by Gasteiger charge is 2.14. The molecule has 1 atom stereocenters. The van der Waals surface area contributed by atoms with E-state index in [1.54, 1.807) is 11.8 Å². The quantitative estimate of drug-likeness (QED) is 0.430. The Labute approximate surface area is 104 Å². The number of rotatable bonds is 8. The topological polar surface area (TPSA) is 130 Å². The van der Waals surface area contributed by atoms with Gasteiger partial charge in [-0.3, -0.25) is 9.59 Å². The van der Waals surface area contributed by atoms with Crippen molar-refractivity contribution in [2.24, 2.45) is 5.73 Å². The fourth-order valence-electron chi connectivity index (χ4n) is 0.719. The van der Waals surface area contributed by atoms with E-state index in [1.165, 1.54) is 0 Å². The average Bonchev–Trinajstić information content (AvgIpc) is 2.24. The summed E-state index contributed by atoms with van der Waals surface area (Å²) in [5, 5.41) is 18.6. The van der Waals surface area contributed by atoms with Crippen LogP contribution in [-0.4, -0.2) is 53.2 Å². The van der Waals surface area contributed by atoms with E-state index in [-0.39, 0.29) is 13.0 Å². The molecule has 1 amide bonds. The van der Waals surface area contributed by atoms with Gasteiger partial charge >= 0.3 is 11.9 Å². The highest BCUT2D eigenvalue weighted by atomic mass is 32.2. The van der Waals surface area contributed by atoms with Crippen LogP contribution in [0.2, 0.25) is 0 Å². The zero-order valence-electron chi connectivity index (χ0n) is 9.59. The van der Waals surface area contributed by atoms with Crippen molar-refractivity contribution in [1.29, 1.82) is 0 Å². The van der Waals surface area contributed by atoms with E-state index in [1.807, 2.05) is 6.26 Å². The largest absolute Gasteiger partial charge is 0.481 e. The lowest BCUT2D eigenvalue weighted by Gasteiger charge is -2.08.